The maximum absolute atomic E-state index is 4.12. The van der Waals surface area contributed by atoms with E-state index in [1.165, 1.54) is 38.0 Å². The highest BCUT2D eigenvalue weighted by atomic mass is 15.1. The second-order valence-electron chi connectivity index (χ2n) is 3.69. The van der Waals surface area contributed by atoms with Crippen LogP contribution in [0.4, 0.5) is 11.4 Å². The molecule has 3 heteroatoms. The molecule has 2 rings (SSSR count). The number of hydrogen-bond donors (Lipinski definition) is 1. The summed E-state index contributed by atoms with van der Waals surface area (Å²) in [6.07, 6.45) is 7.75. The maximum atomic E-state index is 4.12. The average Bonchev–Trinajstić information content (AvgIpc) is 2.30. The van der Waals surface area contributed by atoms with E-state index in [0.29, 0.717) is 0 Å². The van der Waals surface area contributed by atoms with Crippen LogP contribution >= 0.6 is 0 Å². The fraction of sp³-hybridized carbons (Fsp3) is 0.545. The Kier molecular flexibility index (Phi) is 2.87. The molecule has 1 aromatic rings. The SMILES string of the molecule is CNc1cnccc1N1CCCCC1. The van der Waals surface area contributed by atoms with Crippen molar-refractivity contribution in [2.75, 3.05) is 30.4 Å². The Morgan fingerprint density at radius 3 is 2.79 bits per heavy atom. The van der Waals surface area contributed by atoms with Gasteiger partial charge in [0.2, 0.25) is 0 Å². The monoisotopic (exact) mass is 191 g/mol. The summed E-state index contributed by atoms with van der Waals surface area (Å²) in [7, 11) is 1.95. The number of piperidine rings is 1. The van der Waals surface area contributed by atoms with Crippen LogP contribution in [0.5, 0.6) is 0 Å². The highest BCUT2D eigenvalue weighted by Gasteiger charge is 2.13. The van der Waals surface area contributed by atoms with Crippen LogP contribution in [0.2, 0.25) is 0 Å². The van der Waals surface area contributed by atoms with Crippen molar-refractivity contribution in [3.63, 3.8) is 0 Å². The van der Waals surface area contributed by atoms with Gasteiger partial charge in [-0.25, -0.2) is 0 Å². The minimum absolute atomic E-state index is 1.13. The fourth-order valence-electron chi connectivity index (χ4n) is 1.99. The Labute approximate surface area is 85.1 Å². The highest BCUT2D eigenvalue weighted by Crippen LogP contribution is 2.26. The van der Waals surface area contributed by atoms with Crippen LogP contribution in [0.15, 0.2) is 18.5 Å². The average molecular weight is 191 g/mol. The molecule has 1 aliphatic rings. The molecule has 1 saturated heterocycles. The van der Waals surface area contributed by atoms with Crippen molar-refractivity contribution in [1.29, 1.82) is 0 Å². The van der Waals surface area contributed by atoms with E-state index in [9.17, 15) is 0 Å². The van der Waals surface area contributed by atoms with Crippen LogP contribution in [0.1, 0.15) is 19.3 Å². The predicted octanol–water partition coefficient (Wildman–Crippen LogP) is 2.11. The number of pyridine rings is 1. The van der Waals surface area contributed by atoms with Crippen molar-refractivity contribution in [3.05, 3.63) is 18.5 Å². The van der Waals surface area contributed by atoms with E-state index in [4.69, 9.17) is 0 Å². The van der Waals surface area contributed by atoms with Gasteiger partial charge in [-0.3, -0.25) is 4.98 Å². The van der Waals surface area contributed by atoms with Gasteiger partial charge in [-0.2, -0.15) is 0 Å². The topological polar surface area (TPSA) is 28.2 Å². The van der Waals surface area contributed by atoms with E-state index in [1.807, 2.05) is 19.4 Å². The lowest BCUT2D eigenvalue weighted by Crippen LogP contribution is -2.29. The summed E-state index contributed by atoms with van der Waals surface area (Å²) in [5.41, 5.74) is 2.43. The number of nitrogens with one attached hydrogen (secondary N) is 1. The van der Waals surface area contributed by atoms with E-state index in [1.54, 1.807) is 0 Å². The lowest BCUT2D eigenvalue weighted by atomic mass is 10.1. The second-order valence-corrected chi connectivity index (χ2v) is 3.69. The smallest absolute Gasteiger partial charge is 0.0761 e. The van der Waals surface area contributed by atoms with Crippen molar-refractivity contribution in [2.24, 2.45) is 0 Å². The molecule has 0 atom stereocenters. The summed E-state index contributed by atoms with van der Waals surface area (Å²) >= 11 is 0. The number of rotatable bonds is 2. The van der Waals surface area contributed by atoms with Crippen LogP contribution in [0.3, 0.4) is 0 Å². The molecule has 0 bridgehead atoms. The number of hydrogen-bond acceptors (Lipinski definition) is 3. The first-order valence-corrected chi connectivity index (χ1v) is 5.28. The molecule has 1 aliphatic heterocycles. The Hall–Kier alpha value is -1.25. The van der Waals surface area contributed by atoms with E-state index >= 15 is 0 Å². The molecular weight excluding hydrogens is 174 g/mol. The quantitative estimate of drug-likeness (QED) is 0.776. The van der Waals surface area contributed by atoms with Crippen molar-refractivity contribution in [3.8, 4) is 0 Å². The summed E-state index contributed by atoms with van der Waals surface area (Å²) in [4.78, 5) is 6.56. The largest absolute Gasteiger partial charge is 0.385 e. The van der Waals surface area contributed by atoms with E-state index in [0.717, 1.165) is 5.69 Å². The Balaban J connectivity index is 2.20. The van der Waals surface area contributed by atoms with Gasteiger partial charge in [0, 0.05) is 26.3 Å². The van der Waals surface area contributed by atoms with Gasteiger partial charge >= 0.3 is 0 Å². The maximum Gasteiger partial charge on any atom is 0.0761 e. The van der Waals surface area contributed by atoms with Crippen molar-refractivity contribution in [1.82, 2.24) is 4.98 Å². The molecule has 2 heterocycles. The Morgan fingerprint density at radius 1 is 1.29 bits per heavy atom. The Morgan fingerprint density at radius 2 is 2.07 bits per heavy atom. The molecular formula is C11H17N3. The van der Waals surface area contributed by atoms with Crippen LogP contribution < -0.4 is 10.2 Å². The normalized spacial score (nSPS) is 16.8. The molecule has 76 valence electrons. The standard InChI is InChI=1S/C11H17N3/c1-12-10-9-13-6-5-11(10)14-7-3-2-4-8-14/h5-6,9,12H,2-4,7-8H2,1H3. The molecule has 1 aromatic heterocycles. The number of aromatic nitrogens is 1. The predicted molar refractivity (Wildman–Crippen MR) is 59.8 cm³/mol. The summed E-state index contributed by atoms with van der Waals surface area (Å²) in [5.74, 6) is 0. The first-order chi connectivity index (χ1) is 6.92. The first kappa shape index (κ1) is 9.31. The fourth-order valence-corrected chi connectivity index (χ4v) is 1.99. The molecule has 0 spiro atoms. The first-order valence-electron chi connectivity index (χ1n) is 5.28. The highest BCUT2D eigenvalue weighted by molar-refractivity contribution is 5.68. The van der Waals surface area contributed by atoms with E-state index in [2.05, 4.69) is 21.3 Å². The van der Waals surface area contributed by atoms with Crippen LogP contribution in [0.25, 0.3) is 0 Å². The third-order valence-corrected chi connectivity index (χ3v) is 2.76. The minimum Gasteiger partial charge on any atom is -0.385 e. The van der Waals surface area contributed by atoms with Gasteiger partial charge in [-0.05, 0) is 25.3 Å². The zero-order valence-electron chi connectivity index (χ0n) is 8.66. The van der Waals surface area contributed by atoms with Gasteiger partial charge in [0.15, 0.2) is 0 Å². The van der Waals surface area contributed by atoms with Crippen molar-refractivity contribution >= 4 is 11.4 Å². The number of nitrogens with zero attached hydrogens (tertiary/aromatic N) is 2. The van der Waals surface area contributed by atoms with E-state index in [-0.39, 0.29) is 0 Å². The lowest BCUT2D eigenvalue weighted by molar-refractivity contribution is 0.578. The molecule has 0 amide bonds. The molecule has 0 saturated carbocycles. The number of anilines is 2. The molecule has 1 N–H and O–H groups in total. The molecule has 0 aliphatic carbocycles. The summed E-state index contributed by atoms with van der Waals surface area (Å²) < 4.78 is 0. The van der Waals surface area contributed by atoms with Gasteiger partial charge in [0.1, 0.15) is 0 Å². The van der Waals surface area contributed by atoms with Gasteiger partial charge in [-0.15, -0.1) is 0 Å². The van der Waals surface area contributed by atoms with Crippen molar-refractivity contribution in [2.45, 2.75) is 19.3 Å². The molecule has 1 fully saturated rings. The van der Waals surface area contributed by atoms with Gasteiger partial charge in [-0.1, -0.05) is 0 Å². The minimum atomic E-state index is 1.13. The zero-order valence-corrected chi connectivity index (χ0v) is 8.66. The van der Waals surface area contributed by atoms with Gasteiger partial charge < -0.3 is 10.2 Å². The van der Waals surface area contributed by atoms with Gasteiger partial charge in [0.05, 0.1) is 17.6 Å². The molecule has 3 nitrogen and oxygen atoms in total. The lowest BCUT2D eigenvalue weighted by Gasteiger charge is -2.30. The van der Waals surface area contributed by atoms with Crippen LogP contribution in [0, 0.1) is 0 Å². The Bertz CT molecular complexity index is 292. The molecule has 0 unspecified atom stereocenters. The van der Waals surface area contributed by atoms with Crippen LogP contribution in [-0.4, -0.2) is 25.1 Å². The molecule has 14 heavy (non-hydrogen) atoms. The van der Waals surface area contributed by atoms with Gasteiger partial charge in [0.25, 0.3) is 0 Å². The zero-order chi connectivity index (χ0) is 9.80. The summed E-state index contributed by atoms with van der Waals surface area (Å²) in [6.45, 7) is 2.36. The second kappa shape index (κ2) is 4.31. The van der Waals surface area contributed by atoms with Crippen molar-refractivity contribution < 1.29 is 0 Å². The van der Waals surface area contributed by atoms with E-state index < -0.39 is 0 Å². The molecule has 0 aromatic carbocycles. The third-order valence-electron chi connectivity index (χ3n) is 2.76. The summed E-state index contributed by atoms with van der Waals surface area (Å²) in [6, 6.07) is 2.09. The third kappa shape index (κ3) is 1.81. The van der Waals surface area contributed by atoms with Crippen LogP contribution in [-0.2, 0) is 0 Å². The summed E-state index contributed by atoms with van der Waals surface area (Å²) in [5, 5.41) is 3.19. The molecule has 0 radical (unpaired) electrons.